The molecule has 2 heterocycles. The molecule has 0 bridgehead atoms. The molecule has 0 aliphatic rings. The predicted octanol–water partition coefficient (Wildman–Crippen LogP) is 4.40. The predicted molar refractivity (Wildman–Crippen MR) is 118 cm³/mol. The van der Waals surface area contributed by atoms with Gasteiger partial charge in [-0.2, -0.15) is 0 Å². The molecule has 162 valence electrons. The number of carbonyl (C=O) groups excluding carboxylic acids is 2. The highest BCUT2D eigenvalue weighted by Gasteiger charge is 2.23. The Bertz CT molecular complexity index is 1030. The van der Waals surface area contributed by atoms with Crippen LogP contribution in [-0.2, 0) is 22.5 Å². The molecule has 0 N–H and O–H groups in total. The van der Waals surface area contributed by atoms with Crippen LogP contribution in [0.4, 0.5) is 0 Å². The third-order valence-corrected chi connectivity index (χ3v) is 5.06. The van der Waals surface area contributed by atoms with Crippen LogP contribution in [-0.4, -0.2) is 34.9 Å². The standard InChI is InChI=1S/C25H28N2O4/c1-5-30-24(28)16-27(15-20-8-6-7-11-26-20)25(29)23-10-9-21(31-23)14-22-18(3)12-17(2)13-19(22)4/h6-13H,5,14-16H2,1-4H3. The van der Waals surface area contributed by atoms with E-state index in [9.17, 15) is 9.59 Å². The van der Waals surface area contributed by atoms with Crippen LogP contribution in [0.1, 0.15) is 51.2 Å². The van der Waals surface area contributed by atoms with Gasteiger partial charge in [-0.3, -0.25) is 14.6 Å². The summed E-state index contributed by atoms with van der Waals surface area (Å²) < 4.78 is 10.9. The fourth-order valence-electron chi connectivity index (χ4n) is 3.66. The Morgan fingerprint density at radius 1 is 1.06 bits per heavy atom. The fourth-order valence-corrected chi connectivity index (χ4v) is 3.66. The minimum absolute atomic E-state index is 0.171. The monoisotopic (exact) mass is 420 g/mol. The van der Waals surface area contributed by atoms with Gasteiger partial charge in [-0.25, -0.2) is 0 Å². The number of carbonyl (C=O) groups is 2. The zero-order valence-corrected chi connectivity index (χ0v) is 18.5. The third-order valence-electron chi connectivity index (χ3n) is 5.06. The molecule has 0 atom stereocenters. The maximum atomic E-state index is 13.1. The van der Waals surface area contributed by atoms with Crippen molar-refractivity contribution >= 4 is 11.9 Å². The smallest absolute Gasteiger partial charge is 0.325 e. The lowest BCUT2D eigenvalue weighted by Gasteiger charge is -2.20. The van der Waals surface area contributed by atoms with E-state index in [0.29, 0.717) is 17.9 Å². The van der Waals surface area contributed by atoms with Crippen molar-refractivity contribution in [2.45, 2.75) is 40.7 Å². The number of amides is 1. The van der Waals surface area contributed by atoms with Crippen molar-refractivity contribution in [3.05, 3.63) is 88.1 Å². The summed E-state index contributed by atoms with van der Waals surface area (Å²) in [4.78, 5) is 30.8. The normalized spacial score (nSPS) is 10.7. The van der Waals surface area contributed by atoms with Gasteiger partial charge in [-0.1, -0.05) is 23.8 Å². The van der Waals surface area contributed by atoms with Gasteiger partial charge in [-0.05, 0) is 68.7 Å². The number of benzene rings is 1. The molecule has 0 saturated heterocycles. The zero-order chi connectivity index (χ0) is 22.4. The van der Waals surface area contributed by atoms with Gasteiger partial charge in [0.15, 0.2) is 5.76 Å². The van der Waals surface area contributed by atoms with Crippen LogP contribution >= 0.6 is 0 Å². The van der Waals surface area contributed by atoms with Crippen molar-refractivity contribution in [2.75, 3.05) is 13.2 Å². The van der Waals surface area contributed by atoms with Crippen LogP contribution in [0, 0.1) is 20.8 Å². The van der Waals surface area contributed by atoms with Gasteiger partial charge in [0.25, 0.3) is 5.91 Å². The van der Waals surface area contributed by atoms with Crippen LogP contribution in [0.3, 0.4) is 0 Å². The molecule has 31 heavy (non-hydrogen) atoms. The van der Waals surface area contributed by atoms with E-state index < -0.39 is 5.97 Å². The molecule has 0 aliphatic carbocycles. The van der Waals surface area contributed by atoms with Crippen LogP contribution in [0.2, 0.25) is 0 Å². The highest BCUT2D eigenvalue weighted by Crippen LogP contribution is 2.22. The van der Waals surface area contributed by atoms with E-state index in [1.165, 1.54) is 27.2 Å². The second kappa shape index (κ2) is 10.1. The molecule has 2 aromatic heterocycles. The first-order valence-electron chi connectivity index (χ1n) is 10.4. The molecule has 6 nitrogen and oxygen atoms in total. The molecule has 0 unspecified atom stereocenters. The van der Waals surface area contributed by atoms with Crippen LogP contribution in [0.25, 0.3) is 0 Å². The average Bonchev–Trinajstić information content (AvgIpc) is 3.19. The summed E-state index contributed by atoms with van der Waals surface area (Å²) in [6, 6.07) is 13.2. The maximum Gasteiger partial charge on any atom is 0.325 e. The Kier molecular flexibility index (Phi) is 7.23. The summed E-state index contributed by atoms with van der Waals surface area (Å²) in [6.45, 7) is 8.24. The van der Waals surface area contributed by atoms with Crippen molar-refractivity contribution in [3.8, 4) is 0 Å². The number of rotatable bonds is 8. The molecule has 3 aromatic rings. The highest BCUT2D eigenvalue weighted by molar-refractivity contribution is 5.93. The number of esters is 1. The molecule has 0 fully saturated rings. The highest BCUT2D eigenvalue weighted by atomic mass is 16.5. The van der Waals surface area contributed by atoms with Crippen molar-refractivity contribution in [1.29, 1.82) is 0 Å². The summed E-state index contributed by atoms with van der Waals surface area (Å²) in [5, 5.41) is 0. The summed E-state index contributed by atoms with van der Waals surface area (Å²) in [6.07, 6.45) is 2.25. The number of pyridine rings is 1. The third kappa shape index (κ3) is 5.81. The number of aromatic nitrogens is 1. The summed E-state index contributed by atoms with van der Waals surface area (Å²) in [5.41, 5.74) is 5.48. The quantitative estimate of drug-likeness (QED) is 0.505. The molecule has 0 radical (unpaired) electrons. The molecule has 0 aliphatic heterocycles. The lowest BCUT2D eigenvalue weighted by molar-refractivity contribution is -0.144. The summed E-state index contributed by atoms with van der Waals surface area (Å²) in [5.74, 6) is 0.0525. The lowest BCUT2D eigenvalue weighted by Crippen LogP contribution is -2.36. The Hall–Kier alpha value is -3.41. The van der Waals surface area contributed by atoms with E-state index in [-0.39, 0.29) is 31.4 Å². The second-order valence-electron chi connectivity index (χ2n) is 7.61. The largest absolute Gasteiger partial charge is 0.465 e. The zero-order valence-electron chi connectivity index (χ0n) is 18.5. The number of aryl methyl sites for hydroxylation is 3. The van der Waals surface area contributed by atoms with Crippen LogP contribution < -0.4 is 0 Å². The van der Waals surface area contributed by atoms with Crippen molar-refractivity contribution < 1.29 is 18.7 Å². The van der Waals surface area contributed by atoms with E-state index in [0.717, 1.165) is 0 Å². The molecule has 1 amide bonds. The van der Waals surface area contributed by atoms with Crippen molar-refractivity contribution in [2.24, 2.45) is 0 Å². The Balaban J connectivity index is 1.80. The maximum absolute atomic E-state index is 13.1. The number of furan rings is 1. The topological polar surface area (TPSA) is 72.6 Å². The number of ether oxygens (including phenoxy) is 1. The molecular formula is C25H28N2O4. The first kappa shape index (κ1) is 22.3. The van der Waals surface area contributed by atoms with Crippen molar-refractivity contribution in [3.63, 3.8) is 0 Å². The van der Waals surface area contributed by atoms with Gasteiger partial charge in [0.1, 0.15) is 12.3 Å². The van der Waals surface area contributed by atoms with E-state index in [1.807, 2.05) is 18.2 Å². The van der Waals surface area contributed by atoms with Gasteiger partial charge >= 0.3 is 5.97 Å². The fraction of sp³-hybridized carbons (Fsp3) is 0.320. The SMILES string of the molecule is CCOC(=O)CN(Cc1ccccn1)C(=O)c1ccc(Cc2c(C)cc(C)cc2C)o1. The van der Waals surface area contributed by atoms with Crippen LogP contribution in [0.5, 0.6) is 0 Å². The molecular weight excluding hydrogens is 392 g/mol. The molecule has 0 saturated carbocycles. The van der Waals surface area contributed by atoms with Gasteiger partial charge in [0.2, 0.25) is 0 Å². The molecule has 0 spiro atoms. The summed E-state index contributed by atoms with van der Waals surface area (Å²) in [7, 11) is 0. The number of hydrogen-bond acceptors (Lipinski definition) is 5. The molecule has 1 aromatic carbocycles. The van der Waals surface area contributed by atoms with E-state index in [4.69, 9.17) is 9.15 Å². The lowest BCUT2D eigenvalue weighted by atomic mass is 9.97. The molecule has 6 heteroatoms. The minimum Gasteiger partial charge on any atom is -0.465 e. The number of nitrogens with zero attached hydrogens (tertiary/aromatic N) is 2. The Morgan fingerprint density at radius 3 is 2.45 bits per heavy atom. The Labute approximate surface area is 182 Å². The van der Waals surface area contributed by atoms with Crippen molar-refractivity contribution in [1.82, 2.24) is 9.88 Å². The van der Waals surface area contributed by atoms with Crippen LogP contribution in [0.15, 0.2) is 53.1 Å². The summed E-state index contributed by atoms with van der Waals surface area (Å²) >= 11 is 0. The second-order valence-corrected chi connectivity index (χ2v) is 7.61. The van der Waals surface area contributed by atoms with Gasteiger partial charge < -0.3 is 14.1 Å². The molecule has 3 rings (SSSR count). The first-order chi connectivity index (χ1) is 14.9. The Morgan fingerprint density at radius 2 is 1.81 bits per heavy atom. The van der Waals surface area contributed by atoms with E-state index in [2.05, 4.69) is 37.9 Å². The van der Waals surface area contributed by atoms with Gasteiger partial charge in [0, 0.05) is 12.6 Å². The van der Waals surface area contributed by atoms with Gasteiger partial charge in [0.05, 0.1) is 18.8 Å². The minimum atomic E-state index is -0.468. The van der Waals surface area contributed by atoms with E-state index >= 15 is 0 Å². The first-order valence-corrected chi connectivity index (χ1v) is 10.4. The number of hydrogen-bond donors (Lipinski definition) is 0. The van der Waals surface area contributed by atoms with Gasteiger partial charge in [-0.15, -0.1) is 0 Å². The van der Waals surface area contributed by atoms with E-state index in [1.54, 1.807) is 25.3 Å². The average molecular weight is 421 g/mol.